The van der Waals surface area contributed by atoms with Crippen LogP contribution in [0, 0.1) is 0 Å². The van der Waals surface area contributed by atoms with Crippen molar-refractivity contribution in [3.63, 3.8) is 0 Å². The molecule has 0 aliphatic carbocycles. The maximum Gasteiger partial charge on any atom is 0.336 e. The maximum atomic E-state index is 11.4. The molecule has 21 heavy (non-hydrogen) atoms. The van der Waals surface area contributed by atoms with Crippen molar-refractivity contribution in [3.05, 3.63) is 53.8 Å². The van der Waals surface area contributed by atoms with E-state index in [2.05, 4.69) is 0 Å². The van der Waals surface area contributed by atoms with E-state index in [1.165, 1.54) is 24.5 Å². The van der Waals surface area contributed by atoms with Crippen LogP contribution in [-0.4, -0.2) is 21.3 Å². The molecule has 0 bridgehead atoms. The SMILES string of the molecule is O=C(O)c1cc2cc(O)ccc2c(-c2ccco2)c1CO. The fourth-order valence-corrected chi connectivity index (χ4v) is 2.49. The smallest absolute Gasteiger partial charge is 0.336 e. The fraction of sp³-hybridized carbons (Fsp3) is 0.0625. The third-order valence-corrected chi connectivity index (χ3v) is 3.39. The van der Waals surface area contributed by atoms with Crippen molar-refractivity contribution >= 4 is 16.7 Å². The van der Waals surface area contributed by atoms with Gasteiger partial charge in [0.1, 0.15) is 11.5 Å². The summed E-state index contributed by atoms with van der Waals surface area (Å²) in [5.41, 5.74) is 0.801. The quantitative estimate of drug-likeness (QED) is 0.687. The zero-order chi connectivity index (χ0) is 15.0. The zero-order valence-electron chi connectivity index (χ0n) is 10.9. The van der Waals surface area contributed by atoms with Crippen LogP contribution in [0.2, 0.25) is 0 Å². The van der Waals surface area contributed by atoms with Gasteiger partial charge >= 0.3 is 5.97 Å². The van der Waals surface area contributed by atoms with Gasteiger partial charge in [-0.05, 0) is 47.2 Å². The van der Waals surface area contributed by atoms with Crippen molar-refractivity contribution in [2.45, 2.75) is 6.61 Å². The van der Waals surface area contributed by atoms with Crippen molar-refractivity contribution in [1.82, 2.24) is 0 Å². The van der Waals surface area contributed by atoms with E-state index in [0.29, 0.717) is 22.1 Å². The summed E-state index contributed by atoms with van der Waals surface area (Å²) >= 11 is 0. The number of furan rings is 1. The number of benzene rings is 2. The second kappa shape index (κ2) is 4.96. The topological polar surface area (TPSA) is 90.9 Å². The minimum absolute atomic E-state index is 0.0120. The number of carbonyl (C=O) groups is 1. The first-order valence-electron chi connectivity index (χ1n) is 6.28. The third kappa shape index (κ3) is 2.13. The van der Waals surface area contributed by atoms with Crippen LogP contribution in [0.1, 0.15) is 15.9 Å². The van der Waals surface area contributed by atoms with E-state index in [4.69, 9.17) is 4.42 Å². The minimum atomic E-state index is -1.14. The number of phenolic OH excluding ortho intramolecular Hbond substituents is 1. The number of rotatable bonds is 3. The van der Waals surface area contributed by atoms with Gasteiger partial charge in [-0.3, -0.25) is 0 Å². The van der Waals surface area contributed by atoms with Gasteiger partial charge in [0, 0.05) is 11.1 Å². The Morgan fingerprint density at radius 2 is 2.00 bits per heavy atom. The standard InChI is InChI=1S/C16H12O5/c17-8-13-12(16(19)20)7-9-6-10(18)3-4-11(9)15(13)14-2-1-5-21-14/h1-7,17-18H,8H2,(H,19,20). The number of hydrogen-bond acceptors (Lipinski definition) is 4. The molecule has 0 aliphatic rings. The first-order valence-corrected chi connectivity index (χ1v) is 6.28. The van der Waals surface area contributed by atoms with Crippen molar-refractivity contribution < 1.29 is 24.5 Å². The van der Waals surface area contributed by atoms with E-state index >= 15 is 0 Å². The average molecular weight is 284 g/mol. The van der Waals surface area contributed by atoms with Crippen LogP contribution < -0.4 is 0 Å². The molecule has 5 nitrogen and oxygen atoms in total. The highest BCUT2D eigenvalue weighted by molar-refractivity contribution is 6.04. The van der Waals surface area contributed by atoms with E-state index < -0.39 is 12.6 Å². The first kappa shape index (κ1) is 13.2. The third-order valence-electron chi connectivity index (χ3n) is 3.39. The lowest BCUT2D eigenvalue weighted by atomic mass is 9.92. The van der Waals surface area contributed by atoms with E-state index in [1.54, 1.807) is 18.2 Å². The van der Waals surface area contributed by atoms with Crippen molar-refractivity contribution in [2.24, 2.45) is 0 Å². The first-order chi connectivity index (χ1) is 10.1. The normalized spacial score (nSPS) is 10.9. The van der Waals surface area contributed by atoms with Gasteiger partial charge in [0.05, 0.1) is 18.4 Å². The molecule has 0 spiro atoms. The molecular formula is C16H12O5. The largest absolute Gasteiger partial charge is 0.508 e. The molecule has 3 rings (SSSR count). The summed E-state index contributed by atoms with van der Waals surface area (Å²) in [6, 6.07) is 9.50. The molecule has 0 unspecified atom stereocenters. The molecule has 0 amide bonds. The summed E-state index contributed by atoms with van der Waals surface area (Å²) < 4.78 is 5.37. The van der Waals surface area contributed by atoms with E-state index in [1.807, 2.05) is 0 Å². The van der Waals surface area contributed by atoms with Crippen LogP contribution in [0.4, 0.5) is 0 Å². The summed E-state index contributed by atoms with van der Waals surface area (Å²) in [7, 11) is 0. The van der Waals surface area contributed by atoms with Crippen LogP contribution in [0.5, 0.6) is 5.75 Å². The van der Waals surface area contributed by atoms with Gasteiger partial charge in [0.15, 0.2) is 0 Å². The number of hydrogen-bond donors (Lipinski definition) is 3. The highest BCUT2D eigenvalue weighted by Crippen LogP contribution is 2.36. The Hall–Kier alpha value is -2.79. The van der Waals surface area contributed by atoms with Gasteiger partial charge in [0.25, 0.3) is 0 Å². The van der Waals surface area contributed by atoms with Gasteiger partial charge < -0.3 is 19.7 Å². The van der Waals surface area contributed by atoms with Crippen molar-refractivity contribution in [3.8, 4) is 17.1 Å². The van der Waals surface area contributed by atoms with Gasteiger partial charge in [-0.15, -0.1) is 0 Å². The molecule has 1 aromatic heterocycles. The Kier molecular flexibility index (Phi) is 3.12. The van der Waals surface area contributed by atoms with Crippen molar-refractivity contribution in [1.29, 1.82) is 0 Å². The monoisotopic (exact) mass is 284 g/mol. The van der Waals surface area contributed by atoms with Gasteiger partial charge in [-0.1, -0.05) is 0 Å². The Bertz CT molecular complexity index is 818. The summed E-state index contributed by atoms with van der Waals surface area (Å²) in [4.78, 5) is 11.4. The number of aromatic hydroxyl groups is 1. The molecule has 0 saturated heterocycles. The second-order valence-electron chi connectivity index (χ2n) is 4.62. The zero-order valence-corrected chi connectivity index (χ0v) is 10.9. The Labute approximate surface area is 119 Å². The van der Waals surface area contributed by atoms with Crippen LogP contribution in [0.15, 0.2) is 47.1 Å². The predicted molar refractivity (Wildman–Crippen MR) is 76.2 cm³/mol. The molecule has 0 saturated carbocycles. The molecule has 0 aliphatic heterocycles. The Balaban J connectivity index is 2.48. The van der Waals surface area contributed by atoms with Crippen LogP contribution in [0.3, 0.4) is 0 Å². The summed E-state index contributed by atoms with van der Waals surface area (Å²) in [6.07, 6.45) is 1.48. The molecule has 3 aromatic rings. The molecule has 3 N–H and O–H groups in total. The molecule has 2 aromatic carbocycles. The molecular weight excluding hydrogens is 272 g/mol. The highest BCUT2D eigenvalue weighted by atomic mass is 16.4. The second-order valence-corrected chi connectivity index (χ2v) is 4.62. The number of carboxylic acid groups (broad SMARTS) is 1. The lowest BCUT2D eigenvalue weighted by molar-refractivity contribution is 0.0693. The molecule has 0 radical (unpaired) electrons. The lowest BCUT2D eigenvalue weighted by Crippen LogP contribution is -2.05. The molecule has 1 heterocycles. The predicted octanol–water partition coefficient (Wildman–Crippen LogP) is 3.00. The molecule has 106 valence electrons. The number of aromatic carboxylic acids is 1. The molecule has 5 heteroatoms. The Morgan fingerprint density at radius 3 is 2.62 bits per heavy atom. The summed E-state index contributed by atoms with van der Waals surface area (Å²) in [6.45, 7) is -0.422. The van der Waals surface area contributed by atoms with Gasteiger partial charge in [-0.2, -0.15) is 0 Å². The number of carboxylic acids is 1. The Morgan fingerprint density at radius 1 is 1.19 bits per heavy atom. The van der Waals surface area contributed by atoms with Crippen molar-refractivity contribution in [2.75, 3.05) is 0 Å². The number of aliphatic hydroxyl groups is 1. The van der Waals surface area contributed by atoms with Crippen LogP contribution in [-0.2, 0) is 6.61 Å². The lowest BCUT2D eigenvalue weighted by Gasteiger charge is -2.13. The number of phenols is 1. The fourth-order valence-electron chi connectivity index (χ4n) is 2.49. The number of aliphatic hydroxyl groups excluding tert-OH is 1. The summed E-state index contributed by atoms with van der Waals surface area (Å²) in [5, 5.41) is 29.8. The average Bonchev–Trinajstić information content (AvgIpc) is 2.98. The summed E-state index contributed by atoms with van der Waals surface area (Å²) in [5.74, 6) is -0.629. The minimum Gasteiger partial charge on any atom is -0.508 e. The van der Waals surface area contributed by atoms with E-state index in [0.717, 1.165) is 0 Å². The van der Waals surface area contributed by atoms with Gasteiger partial charge in [-0.25, -0.2) is 4.79 Å². The number of fused-ring (bicyclic) bond motifs is 1. The highest BCUT2D eigenvalue weighted by Gasteiger charge is 2.20. The van der Waals surface area contributed by atoms with E-state index in [-0.39, 0.29) is 16.9 Å². The van der Waals surface area contributed by atoms with Gasteiger partial charge in [0.2, 0.25) is 0 Å². The van der Waals surface area contributed by atoms with Crippen LogP contribution >= 0.6 is 0 Å². The maximum absolute atomic E-state index is 11.4. The molecule has 0 atom stereocenters. The van der Waals surface area contributed by atoms with Crippen LogP contribution in [0.25, 0.3) is 22.1 Å². The molecule has 0 fully saturated rings. The van der Waals surface area contributed by atoms with E-state index in [9.17, 15) is 20.1 Å².